The summed E-state index contributed by atoms with van der Waals surface area (Å²) >= 11 is 0. The summed E-state index contributed by atoms with van der Waals surface area (Å²) in [6.07, 6.45) is 3.98. The predicted molar refractivity (Wildman–Crippen MR) is 166 cm³/mol. The predicted octanol–water partition coefficient (Wildman–Crippen LogP) is 5.43. The van der Waals surface area contributed by atoms with Crippen molar-refractivity contribution in [2.45, 2.75) is 66.5 Å². The number of benzene rings is 2. The molecule has 224 valence electrons. The highest BCUT2D eigenvalue weighted by Crippen LogP contribution is 2.25. The van der Waals surface area contributed by atoms with Gasteiger partial charge in [-0.15, -0.1) is 0 Å². The van der Waals surface area contributed by atoms with Gasteiger partial charge in [-0.05, 0) is 80.1 Å². The van der Waals surface area contributed by atoms with Gasteiger partial charge in [0.15, 0.2) is 6.61 Å². The summed E-state index contributed by atoms with van der Waals surface area (Å²) in [7, 11) is 0. The van der Waals surface area contributed by atoms with Crippen LogP contribution in [0.1, 0.15) is 64.5 Å². The van der Waals surface area contributed by atoms with Gasteiger partial charge in [-0.3, -0.25) is 14.5 Å². The minimum absolute atomic E-state index is 0.00614. The minimum atomic E-state index is -0.0373. The standard InChI is InChI=1S/C34H50N4O3/c1-27(2)22-33(39)38-19-9-18-36(23-28(3)4)20-21-37(25-30-10-5-6-11-32(30)38)34(40)26-41-31-14-12-29(13-15-31)24-35-16-7-8-17-35/h5-6,10-15,27-28H,7-9,16-26H2,1-4H3. The van der Waals surface area contributed by atoms with Crippen LogP contribution in [0.4, 0.5) is 5.69 Å². The molecular weight excluding hydrogens is 512 g/mol. The first-order valence-corrected chi connectivity index (χ1v) is 15.6. The van der Waals surface area contributed by atoms with Crippen molar-refractivity contribution >= 4 is 17.5 Å². The van der Waals surface area contributed by atoms with E-state index in [4.69, 9.17) is 4.74 Å². The maximum atomic E-state index is 13.6. The van der Waals surface area contributed by atoms with Crippen LogP contribution in [0.25, 0.3) is 0 Å². The molecule has 2 aliphatic heterocycles. The van der Waals surface area contributed by atoms with E-state index in [1.165, 1.54) is 31.5 Å². The molecule has 4 rings (SSSR count). The number of carbonyl (C=O) groups is 2. The lowest BCUT2D eigenvalue weighted by atomic mass is 10.1. The Morgan fingerprint density at radius 1 is 0.756 bits per heavy atom. The van der Waals surface area contributed by atoms with Gasteiger partial charge < -0.3 is 19.4 Å². The van der Waals surface area contributed by atoms with Crippen LogP contribution in [0.2, 0.25) is 0 Å². The van der Waals surface area contributed by atoms with Gasteiger partial charge in [0.2, 0.25) is 5.91 Å². The van der Waals surface area contributed by atoms with Gasteiger partial charge in [-0.25, -0.2) is 0 Å². The average molecular weight is 563 g/mol. The molecule has 7 heteroatoms. The molecule has 0 saturated carbocycles. The third-order valence-corrected chi connectivity index (χ3v) is 7.94. The van der Waals surface area contributed by atoms with Gasteiger partial charge in [-0.1, -0.05) is 58.0 Å². The molecule has 7 nitrogen and oxygen atoms in total. The molecule has 2 aromatic rings. The Morgan fingerprint density at radius 3 is 2.17 bits per heavy atom. The Morgan fingerprint density at radius 2 is 1.46 bits per heavy atom. The van der Waals surface area contributed by atoms with Crippen molar-refractivity contribution in [2.75, 3.05) is 57.3 Å². The van der Waals surface area contributed by atoms with Crippen molar-refractivity contribution in [2.24, 2.45) is 11.8 Å². The van der Waals surface area contributed by atoms with E-state index in [-0.39, 0.29) is 24.3 Å². The second-order valence-corrected chi connectivity index (χ2v) is 12.6. The molecule has 0 bridgehead atoms. The number of hydrogen-bond acceptors (Lipinski definition) is 5. The van der Waals surface area contributed by atoms with E-state index in [0.29, 0.717) is 37.7 Å². The number of hydrogen-bond donors (Lipinski definition) is 0. The molecule has 0 aromatic heterocycles. The number of carbonyl (C=O) groups excluding carboxylic acids is 2. The lowest BCUT2D eigenvalue weighted by Gasteiger charge is -2.29. The number of fused-ring (bicyclic) bond motifs is 1. The van der Waals surface area contributed by atoms with Gasteiger partial charge in [0, 0.05) is 51.4 Å². The molecule has 0 unspecified atom stereocenters. The number of amides is 2. The molecule has 0 radical (unpaired) electrons. The van der Waals surface area contributed by atoms with Crippen molar-refractivity contribution in [3.05, 3.63) is 59.7 Å². The molecule has 1 fully saturated rings. The maximum Gasteiger partial charge on any atom is 0.260 e. The molecular formula is C34H50N4O3. The second-order valence-electron chi connectivity index (χ2n) is 12.6. The summed E-state index contributed by atoms with van der Waals surface area (Å²) in [6, 6.07) is 16.2. The van der Waals surface area contributed by atoms with Gasteiger partial charge in [-0.2, -0.15) is 0 Å². The Labute approximate surface area is 247 Å². The highest BCUT2D eigenvalue weighted by Gasteiger charge is 2.24. The van der Waals surface area contributed by atoms with Gasteiger partial charge in [0.25, 0.3) is 5.91 Å². The summed E-state index contributed by atoms with van der Waals surface area (Å²) in [6.45, 7) is 16.4. The highest BCUT2D eigenvalue weighted by atomic mass is 16.5. The molecule has 0 N–H and O–H groups in total. The summed E-state index contributed by atoms with van der Waals surface area (Å²) in [5.74, 6) is 1.64. The second kappa shape index (κ2) is 15.4. The van der Waals surface area contributed by atoms with Crippen molar-refractivity contribution in [1.29, 1.82) is 0 Å². The van der Waals surface area contributed by atoms with Gasteiger partial charge in [0.05, 0.1) is 0 Å². The number of ether oxygens (including phenoxy) is 1. The van der Waals surface area contributed by atoms with Crippen molar-refractivity contribution in [3.63, 3.8) is 0 Å². The van der Waals surface area contributed by atoms with Crippen molar-refractivity contribution in [1.82, 2.24) is 14.7 Å². The molecule has 2 heterocycles. The Bertz CT molecular complexity index is 1110. The molecule has 41 heavy (non-hydrogen) atoms. The summed E-state index contributed by atoms with van der Waals surface area (Å²) in [5, 5.41) is 0. The SMILES string of the molecule is CC(C)CC(=O)N1CCCN(CC(C)C)CCN(C(=O)COc2ccc(CN3CCCC3)cc2)Cc2ccccc21. The number of likely N-dealkylation sites (tertiary alicyclic amines) is 1. The first kappa shape index (κ1) is 31.0. The van der Waals surface area contributed by atoms with E-state index >= 15 is 0 Å². The van der Waals surface area contributed by atoms with Crippen molar-refractivity contribution in [3.8, 4) is 5.75 Å². The molecule has 0 atom stereocenters. The smallest absolute Gasteiger partial charge is 0.260 e. The van der Waals surface area contributed by atoms with E-state index in [9.17, 15) is 9.59 Å². The zero-order valence-corrected chi connectivity index (χ0v) is 25.7. The van der Waals surface area contributed by atoms with Crippen LogP contribution in [0.5, 0.6) is 5.75 Å². The number of anilines is 1. The van der Waals surface area contributed by atoms with Gasteiger partial charge in [0.1, 0.15) is 5.75 Å². The summed E-state index contributed by atoms with van der Waals surface area (Å²) in [4.78, 5) is 35.8. The third kappa shape index (κ3) is 9.57. The summed E-state index contributed by atoms with van der Waals surface area (Å²) in [5.41, 5.74) is 3.19. The maximum absolute atomic E-state index is 13.6. The monoisotopic (exact) mass is 562 g/mol. The molecule has 2 amide bonds. The van der Waals surface area contributed by atoms with Crippen LogP contribution >= 0.6 is 0 Å². The zero-order valence-electron chi connectivity index (χ0n) is 25.7. The molecule has 0 spiro atoms. The van der Waals surface area contributed by atoms with Crippen molar-refractivity contribution < 1.29 is 14.3 Å². The fourth-order valence-electron chi connectivity index (χ4n) is 5.90. The topological polar surface area (TPSA) is 56.3 Å². The van der Waals surface area contributed by atoms with E-state index in [2.05, 4.69) is 55.7 Å². The number of rotatable bonds is 9. The fourth-order valence-corrected chi connectivity index (χ4v) is 5.90. The van der Waals surface area contributed by atoms with E-state index in [1.807, 2.05) is 40.1 Å². The summed E-state index contributed by atoms with van der Waals surface area (Å²) < 4.78 is 6.00. The number of para-hydroxylation sites is 1. The molecule has 0 aliphatic carbocycles. The Balaban J connectivity index is 1.48. The van der Waals surface area contributed by atoms with E-state index in [1.54, 1.807) is 0 Å². The van der Waals surface area contributed by atoms with Crippen LogP contribution in [0.3, 0.4) is 0 Å². The molecule has 1 saturated heterocycles. The largest absolute Gasteiger partial charge is 0.484 e. The Kier molecular flexibility index (Phi) is 11.6. The minimum Gasteiger partial charge on any atom is -0.484 e. The van der Waals surface area contributed by atoms with E-state index in [0.717, 1.165) is 43.9 Å². The van der Waals surface area contributed by atoms with Crippen LogP contribution in [-0.2, 0) is 22.7 Å². The Hall–Kier alpha value is -2.90. The molecule has 2 aromatic carbocycles. The number of nitrogens with zero attached hydrogens (tertiary/aromatic N) is 4. The van der Waals surface area contributed by atoms with Gasteiger partial charge >= 0.3 is 0 Å². The average Bonchev–Trinajstić information content (AvgIpc) is 3.44. The molecule has 2 aliphatic rings. The van der Waals surface area contributed by atoms with E-state index < -0.39 is 0 Å². The highest BCUT2D eigenvalue weighted by molar-refractivity contribution is 5.94. The first-order chi connectivity index (χ1) is 19.8. The van der Waals surface area contributed by atoms with Crippen LogP contribution in [0, 0.1) is 11.8 Å². The lowest BCUT2D eigenvalue weighted by molar-refractivity contribution is -0.134. The van der Waals surface area contributed by atoms with Crippen LogP contribution in [-0.4, -0.2) is 78.9 Å². The quantitative estimate of drug-likeness (QED) is 0.408. The van der Waals surface area contributed by atoms with Crippen LogP contribution in [0.15, 0.2) is 48.5 Å². The van der Waals surface area contributed by atoms with Crippen LogP contribution < -0.4 is 9.64 Å². The normalized spacial score (nSPS) is 17.5. The first-order valence-electron chi connectivity index (χ1n) is 15.6. The lowest BCUT2D eigenvalue weighted by Crippen LogP contribution is -2.41. The third-order valence-electron chi connectivity index (χ3n) is 7.94. The zero-order chi connectivity index (χ0) is 29.2. The fraction of sp³-hybridized carbons (Fsp3) is 0.588.